The van der Waals surface area contributed by atoms with Crippen LogP contribution in [-0.4, -0.2) is 36.9 Å². The van der Waals surface area contributed by atoms with Crippen LogP contribution in [0.4, 0.5) is 5.69 Å². The summed E-state index contributed by atoms with van der Waals surface area (Å²) in [5.74, 6) is -0.434. The molecule has 0 bridgehead atoms. The van der Waals surface area contributed by atoms with Crippen molar-refractivity contribution in [3.63, 3.8) is 0 Å². The predicted molar refractivity (Wildman–Crippen MR) is 96.2 cm³/mol. The summed E-state index contributed by atoms with van der Waals surface area (Å²) >= 11 is 0. The van der Waals surface area contributed by atoms with Crippen LogP contribution in [-0.2, 0) is 7.05 Å². The normalized spacial score (nSPS) is 22.1. The summed E-state index contributed by atoms with van der Waals surface area (Å²) < 4.78 is 1.80. The van der Waals surface area contributed by atoms with Crippen molar-refractivity contribution in [1.29, 1.82) is 0 Å². The third-order valence-electron chi connectivity index (χ3n) is 5.09. The Balaban J connectivity index is 2.00. The van der Waals surface area contributed by atoms with E-state index in [9.17, 15) is 20.1 Å². The van der Waals surface area contributed by atoms with Crippen molar-refractivity contribution in [1.82, 2.24) is 9.55 Å². The van der Waals surface area contributed by atoms with Gasteiger partial charge < -0.3 is 25.2 Å². The number of imidazole rings is 1. The monoisotopic (exact) mass is 353 g/mol. The van der Waals surface area contributed by atoms with Crippen molar-refractivity contribution in [2.75, 3.05) is 5.32 Å². The number of benzene rings is 2. The number of aliphatic hydroxyl groups excluding tert-OH is 2. The van der Waals surface area contributed by atoms with Gasteiger partial charge in [0, 0.05) is 12.6 Å². The number of rotatable bonds is 2. The lowest BCUT2D eigenvalue weighted by Gasteiger charge is -2.36. The second kappa shape index (κ2) is 5.82. The summed E-state index contributed by atoms with van der Waals surface area (Å²) in [5.41, 5.74) is 2.61. The van der Waals surface area contributed by atoms with Crippen LogP contribution in [0.15, 0.2) is 36.4 Å². The number of anilines is 1. The average Bonchev–Trinajstić information content (AvgIpc) is 2.92. The van der Waals surface area contributed by atoms with Gasteiger partial charge in [0.05, 0.1) is 22.8 Å². The Hall–Kier alpha value is -2.90. The molecule has 4 N–H and O–H groups in total. The molecule has 0 radical (unpaired) electrons. The highest BCUT2D eigenvalue weighted by Gasteiger charge is 2.39. The molecule has 26 heavy (non-hydrogen) atoms. The first kappa shape index (κ1) is 16.6. The number of hydrogen-bond donors (Lipinski definition) is 4. The fourth-order valence-electron chi connectivity index (χ4n) is 3.62. The average molecular weight is 353 g/mol. The van der Waals surface area contributed by atoms with Crippen molar-refractivity contribution in [2.45, 2.75) is 25.2 Å². The molecule has 7 heteroatoms. The van der Waals surface area contributed by atoms with Gasteiger partial charge in [-0.3, -0.25) is 0 Å². The van der Waals surface area contributed by atoms with Gasteiger partial charge in [-0.2, -0.15) is 0 Å². The van der Waals surface area contributed by atoms with Crippen molar-refractivity contribution in [3.8, 4) is 0 Å². The zero-order chi connectivity index (χ0) is 18.6. The highest BCUT2D eigenvalue weighted by atomic mass is 16.4. The van der Waals surface area contributed by atoms with Gasteiger partial charge >= 0.3 is 5.97 Å². The van der Waals surface area contributed by atoms with Gasteiger partial charge in [-0.05, 0) is 18.6 Å². The Morgan fingerprint density at radius 2 is 1.92 bits per heavy atom. The van der Waals surface area contributed by atoms with Gasteiger partial charge in [0.1, 0.15) is 23.5 Å². The van der Waals surface area contributed by atoms with Gasteiger partial charge in [0.2, 0.25) is 0 Å². The van der Waals surface area contributed by atoms with E-state index in [-0.39, 0.29) is 11.1 Å². The fourth-order valence-corrected chi connectivity index (χ4v) is 3.62. The van der Waals surface area contributed by atoms with Crippen molar-refractivity contribution >= 4 is 22.7 Å². The molecule has 1 aliphatic rings. The minimum atomic E-state index is -1.34. The zero-order valence-electron chi connectivity index (χ0n) is 14.3. The number of aromatic carboxylic acids is 1. The molecule has 2 aromatic carbocycles. The number of aryl methyl sites for hydroxylation is 2. The van der Waals surface area contributed by atoms with E-state index in [1.165, 1.54) is 6.07 Å². The van der Waals surface area contributed by atoms with Crippen LogP contribution in [0, 0.1) is 6.92 Å². The largest absolute Gasteiger partial charge is 0.478 e. The first-order valence-electron chi connectivity index (χ1n) is 8.31. The number of aromatic nitrogens is 2. The molecule has 0 amide bonds. The SMILES string of the molecule is Cc1nc2c3c(c(C(=O)O)cc2n1C)C(O)C(O)C(c1ccccc1)N3. The molecule has 1 aromatic heterocycles. The van der Waals surface area contributed by atoms with Crippen LogP contribution < -0.4 is 5.32 Å². The molecule has 0 saturated heterocycles. The molecular formula is C19H19N3O4. The Kier molecular flexibility index (Phi) is 3.71. The second-order valence-electron chi connectivity index (χ2n) is 6.57. The number of hydrogen-bond acceptors (Lipinski definition) is 5. The molecule has 1 aliphatic heterocycles. The maximum absolute atomic E-state index is 11.8. The van der Waals surface area contributed by atoms with Crippen LogP contribution >= 0.6 is 0 Å². The Morgan fingerprint density at radius 1 is 1.23 bits per heavy atom. The summed E-state index contributed by atoms with van der Waals surface area (Å²) in [5, 5.41) is 34.2. The molecular weight excluding hydrogens is 334 g/mol. The first-order chi connectivity index (χ1) is 12.4. The lowest BCUT2D eigenvalue weighted by molar-refractivity contribution is 0.00127. The Bertz CT molecular complexity index is 1010. The van der Waals surface area contributed by atoms with E-state index < -0.39 is 24.2 Å². The van der Waals surface area contributed by atoms with Crippen LogP contribution in [0.3, 0.4) is 0 Å². The van der Waals surface area contributed by atoms with Crippen LogP contribution in [0.2, 0.25) is 0 Å². The highest BCUT2D eigenvalue weighted by Crippen LogP contribution is 2.44. The number of carbonyl (C=O) groups is 1. The Morgan fingerprint density at radius 3 is 2.58 bits per heavy atom. The zero-order valence-corrected chi connectivity index (χ0v) is 14.3. The summed E-state index contributed by atoms with van der Waals surface area (Å²) in [6.07, 6.45) is -2.53. The van der Waals surface area contributed by atoms with Crippen molar-refractivity contribution in [3.05, 3.63) is 58.9 Å². The van der Waals surface area contributed by atoms with Gasteiger partial charge in [0.25, 0.3) is 0 Å². The summed E-state index contributed by atoms with van der Waals surface area (Å²) in [4.78, 5) is 16.3. The summed E-state index contributed by atoms with van der Waals surface area (Å²) in [7, 11) is 1.81. The molecule has 0 saturated carbocycles. The maximum Gasteiger partial charge on any atom is 0.336 e. The molecule has 0 spiro atoms. The van der Waals surface area contributed by atoms with E-state index in [0.717, 1.165) is 11.4 Å². The smallest absolute Gasteiger partial charge is 0.336 e. The van der Waals surface area contributed by atoms with Gasteiger partial charge in [-0.25, -0.2) is 9.78 Å². The van der Waals surface area contributed by atoms with E-state index in [1.807, 2.05) is 44.3 Å². The third-order valence-corrected chi connectivity index (χ3v) is 5.09. The van der Waals surface area contributed by atoms with Gasteiger partial charge in [-0.15, -0.1) is 0 Å². The number of aliphatic hydroxyl groups is 2. The molecule has 0 aliphatic carbocycles. The van der Waals surface area contributed by atoms with Crippen molar-refractivity contribution < 1.29 is 20.1 Å². The van der Waals surface area contributed by atoms with Gasteiger partial charge in [-0.1, -0.05) is 30.3 Å². The van der Waals surface area contributed by atoms with Crippen LogP contribution in [0.25, 0.3) is 11.0 Å². The highest BCUT2D eigenvalue weighted by molar-refractivity contribution is 6.02. The first-order valence-corrected chi connectivity index (χ1v) is 8.31. The van der Waals surface area contributed by atoms with Crippen molar-refractivity contribution in [2.24, 2.45) is 7.05 Å². The van der Waals surface area contributed by atoms with E-state index in [0.29, 0.717) is 16.7 Å². The lowest BCUT2D eigenvalue weighted by Crippen LogP contribution is -2.37. The number of nitrogens with one attached hydrogen (secondary N) is 1. The minimum Gasteiger partial charge on any atom is -0.478 e. The molecule has 134 valence electrons. The molecule has 3 atom stereocenters. The third kappa shape index (κ3) is 2.28. The number of fused-ring (bicyclic) bond motifs is 3. The van der Waals surface area contributed by atoms with E-state index in [4.69, 9.17) is 0 Å². The quantitative estimate of drug-likeness (QED) is 0.562. The maximum atomic E-state index is 11.8. The fraction of sp³-hybridized carbons (Fsp3) is 0.263. The topological polar surface area (TPSA) is 108 Å². The molecule has 7 nitrogen and oxygen atoms in total. The number of nitrogens with zero attached hydrogens (tertiary/aromatic N) is 2. The molecule has 3 aromatic rings. The van der Waals surface area contributed by atoms with E-state index >= 15 is 0 Å². The standard InChI is InChI=1S/C19H19N3O4/c1-9-20-15-12(22(9)2)8-11(19(25)26)13-16(15)21-14(18(24)17(13)23)10-6-4-3-5-7-10/h3-8,14,17-18,21,23-24H,1-2H3,(H,25,26). The lowest BCUT2D eigenvalue weighted by atomic mass is 9.85. The van der Waals surface area contributed by atoms with E-state index in [2.05, 4.69) is 10.3 Å². The number of carboxylic acids is 1. The summed E-state index contributed by atoms with van der Waals surface area (Å²) in [6, 6.07) is 10.2. The molecule has 0 fully saturated rings. The van der Waals surface area contributed by atoms with Gasteiger partial charge in [0.15, 0.2) is 0 Å². The number of carboxylic acid groups (broad SMARTS) is 1. The molecule has 2 heterocycles. The predicted octanol–water partition coefficient (Wildman–Crippen LogP) is 2.14. The summed E-state index contributed by atoms with van der Waals surface area (Å²) in [6.45, 7) is 1.83. The van der Waals surface area contributed by atoms with Crippen LogP contribution in [0.1, 0.15) is 39.5 Å². The minimum absolute atomic E-state index is 0.0407. The second-order valence-corrected chi connectivity index (χ2v) is 6.57. The van der Waals surface area contributed by atoms with E-state index in [1.54, 1.807) is 4.57 Å². The van der Waals surface area contributed by atoms with Crippen LogP contribution in [0.5, 0.6) is 0 Å². The molecule has 3 unspecified atom stereocenters. The Labute approximate surface area is 149 Å². The molecule has 4 rings (SSSR count).